The van der Waals surface area contributed by atoms with E-state index in [1.54, 1.807) is 17.4 Å². The number of halogens is 1. The second kappa shape index (κ2) is 5.78. The summed E-state index contributed by atoms with van der Waals surface area (Å²) in [6, 6.07) is 11.3. The van der Waals surface area contributed by atoms with Crippen molar-refractivity contribution in [3.8, 4) is 0 Å². The maximum absolute atomic E-state index is 13.3. The Balaban J connectivity index is 2.05. The summed E-state index contributed by atoms with van der Waals surface area (Å²) in [5.74, 6) is -0.185. The molecule has 3 rings (SSSR count). The fourth-order valence-electron chi connectivity index (χ4n) is 2.52. The molecule has 0 bridgehead atoms. The molecule has 0 saturated carbocycles. The highest BCUT2D eigenvalue weighted by molar-refractivity contribution is 7.16. The number of aromatic nitrogens is 1. The van der Waals surface area contributed by atoms with Gasteiger partial charge in [0, 0.05) is 0 Å². The summed E-state index contributed by atoms with van der Waals surface area (Å²) in [4.78, 5) is 4.35. The van der Waals surface area contributed by atoms with Crippen LogP contribution in [0.3, 0.4) is 0 Å². The summed E-state index contributed by atoms with van der Waals surface area (Å²) in [6.07, 6.45) is 3.07. The molecule has 3 aromatic rings. The number of hydrogen-bond acceptors (Lipinski definition) is 2. The van der Waals surface area contributed by atoms with E-state index >= 15 is 0 Å². The largest absolute Gasteiger partial charge is 0.245 e. The van der Waals surface area contributed by atoms with Crippen LogP contribution in [-0.4, -0.2) is 4.98 Å². The molecule has 0 N–H and O–H groups in total. The van der Waals surface area contributed by atoms with Crippen molar-refractivity contribution in [2.45, 2.75) is 20.3 Å². The highest BCUT2D eigenvalue weighted by Gasteiger charge is 2.05. The Morgan fingerprint density at radius 2 is 2.10 bits per heavy atom. The summed E-state index contributed by atoms with van der Waals surface area (Å²) >= 11 is 1.65. The van der Waals surface area contributed by atoms with Gasteiger partial charge in [-0.2, -0.15) is 0 Å². The fourth-order valence-corrected chi connectivity index (χ4v) is 3.18. The van der Waals surface area contributed by atoms with Crippen molar-refractivity contribution in [3.05, 3.63) is 64.4 Å². The van der Waals surface area contributed by atoms with Crippen LogP contribution in [0.25, 0.3) is 21.9 Å². The lowest BCUT2D eigenvalue weighted by atomic mass is 9.96. The average molecular weight is 297 g/mol. The number of thiazole rings is 1. The van der Waals surface area contributed by atoms with E-state index < -0.39 is 0 Å². The van der Waals surface area contributed by atoms with Crippen LogP contribution in [0.15, 0.2) is 41.9 Å². The van der Waals surface area contributed by atoms with Gasteiger partial charge in [0.25, 0.3) is 0 Å². The van der Waals surface area contributed by atoms with E-state index in [-0.39, 0.29) is 5.82 Å². The van der Waals surface area contributed by atoms with Gasteiger partial charge in [0.15, 0.2) is 0 Å². The minimum atomic E-state index is -0.185. The van der Waals surface area contributed by atoms with Gasteiger partial charge in [-0.1, -0.05) is 25.1 Å². The van der Waals surface area contributed by atoms with Crippen molar-refractivity contribution in [1.29, 1.82) is 0 Å². The highest BCUT2D eigenvalue weighted by atomic mass is 32.1. The summed E-state index contributed by atoms with van der Waals surface area (Å²) in [6.45, 7) is 4.07. The molecule has 0 saturated heterocycles. The van der Waals surface area contributed by atoms with Crippen LogP contribution in [0.4, 0.5) is 4.39 Å². The Kier molecular flexibility index (Phi) is 3.84. The molecule has 106 valence electrons. The molecule has 0 spiro atoms. The first kappa shape index (κ1) is 14.0. The van der Waals surface area contributed by atoms with Gasteiger partial charge in [0.05, 0.1) is 15.7 Å². The molecular weight excluding hydrogens is 281 g/mol. The third-order valence-electron chi connectivity index (χ3n) is 3.61. The Morgan fingerprint density at radius 1 is 1.24 bits per heavy atom. The van der Waals surface area contributed by atoms with Gasteiger partial charge in [-0.25, -0.2) is 9.37 Å². The fraction of sp³-hybridized carbons (Fsp3) is 0.167. The smallest absolute Gasteiger partial charge is 0.123 e. The van der Waals surface area contributed by atoms with Crippen LogP contribution in [-0.2, 0) is 0 Å². The summed E-state index contributed by atoms with van der Waals surface area (Å²) in [7, 11) is 0. The molecule has 1 aromatic heterocycles. The first-order chi connectivity index (χ1) is 10.2. The maximum Gasteiger partial charge on any atom is 0.123 e. The van der Waals surface area contributed by atoms with E-state index in [9.17, 15) is 4.39 Å². The van der Waals surface area contributed by atoms with Crippen molar-refractivity contribution in [2.24, 2.45) is 0 Å². The highest BCUT2D eigenvalue weighted by Crippen LogP contribution is 2.27. The van der Waals surface area contributed by atoms with Crippen LogP contribution < -0.4 is 0 Å². The topological polar surface area (TPSA) is 12.9 Å². The molecule has 0 amide bonds. The molecular formula is C18H16FNS. The third kappa shape index (κ3) is 2.88. The molecule has 1 heterocycles. The second-order valence-electron chi connectivity index (χ2n) is 5.06. The van der Waals surface area contributed by atoms with E-state index in [4.69, 9.17) is 0 Å². The van der Waals surface area contributed by atoms with Gasteiger partial charge in [-0.3, -0.25) is 0 Å². The first-order valence-electron chi connectivity index (χ1n) is 6.97. The van der Waals surface area contributed by atoms with Crippen LogP contribution in [0.2, 0.25) is 0 Å². The quantitative estimate of drug-likeness (QED) is 0.565. The van der Waals surface area contributed by atoms with E-state index in [0.29, 0.717) is 0 Å². The van der Waals surface area contributed by atoms with E-state index in [1.807, 2.05) is 18.5 Å². The molecule has 1 nitrogen and oxygen atoms in total. The zero-order chi connectivity index (χ0) is 14.8. The zero-order valence-electron chi connectivity index (χ0n) is 12.1. The van der Waals surface area contributed by atoms with Crippen LogP contribution in [0, 0.1) is 12.7 Å². The number of hydrogen-bond donors (Lipinski definition) is 0. The number of rotatable bonds is 3. The molecule has 0 aliphatic rings. The number of allylic oxidation sites excluding steroid dienone is 1. The predicted molar refractivity (Wildman–Crippen MR) is 88.9 cm³/mol. The van der Waals surface area contributed by atoms with E-state index in [2.05, 4.69) is 36.2 Å². The summed E-state index contributed by atoms with van der Waals surface area (Å²) < 4.78 is 14.5. The lowest BCUT2D eigenvalue weighted by Gasteiger charge is -2.09. The molecule has 0 aliphatic carbocycles. The number of aryl methyl sites for hydroxylation is 1. The molecule has 2 aromatic carbocycles. The van der Waals surface area contributed by atoms with Crippen LogP contribution in [0.5, 0.6) is 0 Å². The Labute approximate surface area is 127 Å². The van der Waals surface area contributed by atoms with Gasteiger partial charge in [0.2, 0.25) is 0 Å². The first-order valence-corrected chi connectivity index (χ1v) is 7.85. The Morgan fingerprint density at radius 3 is 2.86 bits per heavy atom. The molecule has 0 atom stereocenters. The molecule has 0 unspecified atom stereocenters. The lowest BCUT2D eigenvalue weighted by molar-refractivity contribution is 0.626. The molecule has 0 fully saturated rings. The molecule has 3 heteroatoms. The number of fused-ring (bicyclic) bond motifs is 1. The van der Waals surface area contributed by atoms with Gasteiger partial charge in [-0.15, -0.1) is 11.3 Å². The van der Waals surface area contributed by atoms with Crippen molar-refractivity contribution in [2.75, 3.05) is 0 Å². The monoisotopic (exact) mass is 297 g/mol. The molecule has 0 aliphatic heterocycles. The summed E-state index contributed by atoms with van der Waals surface area (Å²) in [5.41, 5.74) is 7.31. The van der Waals surface area contributed by atoms with Crippen molar-refractivity contribution >= 4 is 33.2 Å². The Hall–Kier alpha value is -2.00. The van der Waals surface area contributed by atoms with Gasteiger partial charge < -0.3 is 0 Å². The normalized spacial score (nSPS) is 12.0. The predicted octanol–water partition coefficient (Wildman–Crippen LogP) is 5.69. The summed E-state index contributed by atoms with van der Waals surface area (Å²) in [5, 5.41) is 0. The van der Waals surface area contributed by atoms with Gasteiger partial charge in [0.1, 0.15) is 5.82 Å². The minimum Gasteiger partial charge on any atom is -0.245 e. The maximum atomic E-state index is 13.3. The van der Waals surface area contributed by atoms with Crippen LogP contribution in [0.1, 0.15) is 30.0 Å². The molecule has 21 heavy (non-hydrogen) atoms. The van der Waals surface area contributed by atoms with Gasteiger partial charge in [-0.05, 0) is 59.9 Å². The standard InChI is InChI=1S/C18H16FNS/c1-3-14(16-6-5-15(19)8-12(16)2)9-13-4-7-18-17(10-13)20-11-21-18/h4-11H,3H2,1-2H3/b14-9+. The second-order valence-corrected chi connectivity index (χ2v) is 5.95. The number of nitrogens with zero attached hydrogens (tertiary/aromatic N) is 1. The number of benzene rings is 2. The minimum absolute atomic E-state index is 0.185. The molecule has 0 radical (unpaired) electrons. The van der Waals surface area contributed by atoms with E-state index in [0.717, 1.165) is 28.6 Å². The average Bonchev–Trinajstić information content (AvgIpc) is 2.93. The third-order valence-corrected chi connectivity index (χ3v) is 4.42. The van der Waals surface area contributed by atoms with Crippen molar-refractivity contribution in [3.63, 3.8) is 0 Å². The van der Waals surface area contributed by atoms with Crippen molar-refractivity contribution in [1.82, 2.24) is 4.98 Å². The zero-order valence-corrected chi connectivity index (χ0v) is 12.9. The van der Waals surface area contributed by atoms with Crippen LogP contribution >= 0.6 is 11.3 Å². The van der Waals surface area contributed by atoms with Crippen molar-refractivity contribution < 1.29 is 4.39 Å². The Bertz CT molecular complexity index is 817. The SMILES string of the molecule is CC/C(=C\c1ccc2scnc2c1)c1ccc(F)cc1C. The van der Waals surface area contributed by atoms with E-state index in [1.165, 1.54) is 16.3 Å². The van der Waals surface area contributed by atoms with Gasteiger partial charge >= 0.3 is 0 Å². The lowest BCUT2D eigenvalue weighted by Crippen LogP contribution is -1.90.